The summed E-state index contributed by atoms with van der Waals surface area (Å²) in [5.74, 6) is -2.44. The molecule has 0 saturated heterocycles. The third kappa shape index (κ3) is 6.44. The molecule has 0 aliphatic rings. The highest BCUT2D eigenvalue weighted by atomic mass is 16.5. The molecule has 0 spiro atoms. The van der Waals surface area contributed by atoms with Crippen molar-refractivity contribution in [3.8, 4) is 0 Å². The lowest BCUT2D eigenvalue weighted by molar-refractivity contribution is -0.145. The summed E-state index contributed by atoms with van der Waals surface area (Å²) in [6, 6.07) is 8.43. The molecule has 6 heteroatoms. The normalized spacial score (nSPS) is 11.5. The minimum atomic E-state index is -1.19. The minimum Gasteiger partial charge on any atom is -0.481 e. The van der Waals surface area contributed by atoms with Crippen LogP contribution in [0, 0.1) is 0 Å². The topological polar surface area (TPSA) is 89.9 Å². The number of Topliss-reactive ketones (excluding diaryl/α,β-unsaturated/α-hetero) is 1. The maximum atomic E-state index is 12.4. The highest BCUT2D eigenvalue weighted by molar-refractivity contribution is 6.02. The third-order valence-corrected chi connectivity index (χ3v) is 2.98. The molecule has 124 valence electrons. The van der Waals surface area contributed by atoms with E-state index >= 15 is 0 Å². The van der Waals surface area contributed by atoms with E-state index in [4.69, 9.17) is 14.6 Å². The van der Waals surface area contributed by atoms with Crippen molar-refractivity contribution in [3.05, 3.63) is 48.0 Å². The van der Waals surface area contributed by atoms with Gasteiger partial charge in [0.1, 0.15) is 0 Å². The predicted octanol–water partition coefficient (Wildman–Crippen LogP) is 2.24. The SMILES string of the molecule is C=C(CC(=O)O)C(=O)OC(CCOCC)C(=O)c1ccccc1. The predicted molar refractivity (Wildman–Crippen MR) is 83.2 cm³/mol. The Morgan fingerprint density at radius 1 is 1.22 bits per heavy atom. The quantitative estimate of drug-likeness (QED) is 0.308. The van der Waals surface area contributed by atoms with Crippen molar-refractivity contribution in [1.29, 1.82) is 0 Å². The molecule has 0 amide bonds. The average Bonchev–Trinajstić information content (AvgIpc) is 2.53. The van der Waals surface area contributed by atoms with Gasteiger partial charge in [0.25, 0.3) is 0 Å². The summed E-state index contributed by atoms with van der Waals surface area (Å²) in [4.78, 5) is 34.9. The van der Waals surface area contributed by atoms with Gasteiger partial charge < -0.3 is 14.6 Å². The lowest BCUT2D eigenvalue weighted by Gasteiger charge is -2.17. The number of esters is 1. The van der Waals surface area contributed by atoms with Crippen LogP contribution in [0.15, 0.2) is 42.5 Å². The second kappa shape index (κ2) is 9.53. The van der Waals surface area contributed by atoms with E-state index in [0.717, 1.165) is 0 Å². The molecule has 0 fully saturated rings. The Labute approximate surface area is 134 Å². The highest BCUT2D eigenvalue weighted by Crippen LogP contribution is 2.13. The number of carbonyl (C=O) groups excluding carboxylic acids is 2. The molecule has 1 N–H and O–H groups in total. The summed E-state index contributed by atoms with van der Waals surface area (Å²) >= 11 is 0. The van der Waals surface area contributed by atoms with E-state index in [9.17, 15) is 14.4 Å². The van der Waals surface area contributed by atoms with Crippen LogP contribution in [0.3, 0.4) is 0 Å². The molecule has 1 atom stereocenters. The third-order valence-electron chi connectivity index (χ3n) is 2.98. The number of benzene rings is 1. The molecule has 0 bridgehead atoms. The molecule has 0 saturated carbocycles. The molecule has 0 aliphatic carbocycles. The molecule has 0 heterocycles. The van der Waals surface area contributed by atoms with Crippen LogP contribution in [-0.2, 0) is 19.1 Å². The molecule has 1 rings (SSSR count). The lowest BCUT2D eigenvalue weighted by atomic mass is 10.0. The van der Waals surface area contributed by atoms with Crippen molar-refractivity contribution in [3.63, 3.8) is 0 Å². The first kappa shape index (κ1) is 18.6. The molecule has 1 aromatic carbocycles. The Morgan fingerprint density at radius 2 is 1.87 bits per heavy atom. The average molecular weight is 320 g/mol. The van der Waals surface area contributed by atoms with Gasteiger partial charge in [-0.3, -0.25) is 9.59 Å². The number of carboxylic acid groups (broad SMARTS) is 1. The lowest BCUT2D eigenvalue weighted by Crippen LogP contribution is -2.29. The van der Waals surface area contributed by atoms with E-state index in [2.05, 4.69) is 6.58 Å². The van der Waals surface area contributed by atoms with Crippen LogP contribution in [0.25, 0.3) is 0 Å². The number of carbonyl (C=O) groups is 3. The largest absolute Gasteiger partial charge is 0.481 e. The molecular formula is C17H20O6. The summed E-state index contributed by atoms with van der Waals surface area (Å²) < 4.78 is 10.3. The van der Waals surface area contributed by atoms with Gasteiger partial charge in [-0.1, -0.05) is 36.9 Å². The Balaban J connectivity index is 2.79. The van der Waals surface area contributed by atoms with Crippen molar-refractivity contribution in [2.24, 2.45) is 0 Å². The summed E-state index contributed by atoms with van der Waals surface area (Å²) in [7, 11) is 0. The van der Waals surface area contributed by atoms with Gasteiger partial charge in [0.05, 0.1) is 13.0 Å². The van der Waals surface area contributed by atoms with Gasteiger partial charge >= 0.3 is 11.9 Å². The van der Waals surface area contributed by atoms with Gasteiger partial charge in [-0.05, 0) is 6.92 Å². The zero-order chi connectivity index (χ0) is 17.2. The van der Waals surface area contributed by atoms with E-state index in [0.29, 0.717) is 12.2 Å². The van der Waals surface area contributed by atoms with Crippen molar-refractivity contribution >= 4 is 17.7 Å². The number of hydrogen-bond acceptors (Lipinski definition) is 5. The number of rotatable bonds is 10. The Hall–Kier alpha value is -2.47. The fraction of sp³-hybridized carbons (Fsp3) is 0.353. The summed E-state index contributed by atoms with van der Waals surface area (Å²) in [6.07, 6.45) is -1.38. The van der Waals surface area contributed by atoms with Crippen LogP contribution in [0.5, 0.6) is 0 Å². The Kier molecular flexibility index (Phi) is 7.70. The van der Waals surface area contributed by atoms with Crippen molar-refractivity contribution < 1.29 is 29.0 Å². The molecule has 0 aromatic heterocycles. The van der Waals surface area contributed by atoms with Crippen molar-refractivity contribution in [2.75, 3.05) is 13.2 Å². The number of ether oxygens (including phenoxy) is 2. The van der Waals surface area contributed by atoms with Crippen LogP contribution in [-0.4, -0.2) is 42.1 Å². The Morgan fingerprint density at radius 3 is 2.43 bits per heavy atom. The second-order valence-electron chi connectivity index (χ2n) is 4.78. The number of ketones is 1. The molecule has 6 nitrogen and oxygen atoms in total. The van der Waals surface area contributed by atoms with Crippen molar-refractivity contribution in [1.82, 2.24) is 0 Å². The summed E-state index contributed by atoms with van der Waals surface area (Å²) in [5, 5.41) is 8.67. The number of hydrogen-bond donors (Lipinski definition) is 1. The van der Waals surface area contributed by atoms with Gasteiger partial charge in [-0.15, -0.1) is 0 Å². The standard InChI is InChI=1S/C17H20O6/c1-3-22-10-9-14(16(20)13-7-5-4-6-8-13)23-17(21)12(2)11-15(18)19/h4-8,14H,2-3,9-11H2,1H3,(H,18,19). The molecule has 23 heavy (non-hydrogen) atoms. The highest BCUT2D eigenvalue weighted by Gasteiger charge is 2.25. The first-order valence-electron chi connectivity index (χ1n) is 7.23. The first-order valence-corrected chi connectivity index (χ1v) is 7.23. The van der Waals surface area contributed by atoms with E-state index < -0.39 is 24.5 Å². The van der Waals surface area contributed by atoms with Crippen molar-refractivity contribution in [2.45, 2.75) is 25.9 Å². The van der Waals surface area contributed by atoms with Gasteiger partial charge in [0, 0.05) is 24.2 Å². The minimum absolute atomic E-state index is 0.188. The molecule has 1 unspecified atom stereocenters. The monoisotopic (exact) mass is 320 g/mol. The zero-order valence-corrected chi connectivity index (χ0v) is 13.0. The smallest absolute Gasteiger partial charge is 0.334 e. The Bertz CT molecular complexity index is 564. The van der Waals surface area contributed by atoms with E-state index in [1.807, 2.05) is 6.92 Å². The molecule has 0 radical (unpaired) electrons. The van der Waals surface area contributed by atoms with Gasteiger partial charge in [0.2, 0.25) is 5.78 Å². The van der Waals surface area contributed by atoms with Crippen LogP contribution in [0.2, 0.25) is 0 Å². The first-order chi connectivity index (χ1) is 11.0. The summed E-state index contributed by atoms with van der Waals surface area (Å²) in [5.41, 5.74) is 0.199. The maximum Gasteiger partial charge on any atom is 0.334 e. The molecule has 1 aromatic rings. The maximum absolute atomic E-state index is 12.4. The van der Waals surface area contributed by atoms with Crippen LogP contribution >= 0.6 is 0 Å². The fourth-order valence-corrected chi connectivity index (χ4v) is 1.83. The second-order valence-corrected chi connectivity index (χ2v) is 4.78. The fourth-order valence-electron chi connectivity index (χ4n) is 1.83. The number of aliphatic carboxylic acids is 1. The molecular weight excluding hydrogens is 300 g/mol. The van der Waals surface area contributed by atoms with E-state index in [1.165, 1.54) is 0 Å². The zero-order valence-electron chi connectivity index (χ0n) is 13.0. The summed E-state index contributed by atoms with van der Waals surface area (Å²) in [6.45, 7) is 5.92. The van der Waals surface area contributed by atoms with E-state index in [-0.39, 0.29) is 24.4 Å². The van der Waals surface area contributed by atoms with Gasteiger partial charge in [-0.25, -0.2) is 4.79 Å². The van der Waals surface area contributed by atoms with Crippen LogP contribution < -0.4 is 0 Å². The van der Waals surface area contributed by atoms with Gasteiger partial charge in [0.15, 0.2) is 6.10 Å². The molecule has 0 aliphatic heterocycles. The van der Waals surface area contributed by atoms with Gasteiger partial charge in [-0.2, -0.15) is 0 Å². The van der Waals surface area contributed by atoms with Crippen LogP contribution in [0.4, 0.5) is 0 Å². The van der Waals surface area contributed by atoms with E-state index in [1.54, 1.807) is 30.3 Å². The number of carboxylic acids is 1. The van der Waals surface area contributed by atoms with Crippen LogP contribution in [0.1, 0.15) is 30.1 Å².